The molecule has 0 saturated heterocycles. The number of hydrogen-bond donors (Lipinski definition) is 4. The summed E-state index contributed by atoms with van der Waals surface area (Å²) in [5, 5.41) is 10.5. The maximum atomic E-state index is 13.6. The van der Waals surface area contributed by atoms with Crippen LogP contribution in [0.5, 0.6) is 0 Å². The summed E-state index contributed by atoms with van der Waals surface area (Å²) in [5.74, 6) is -1.17. The van der Waals surface area contributed by atoms with Crippen LogP contribution in [0.1, 0.15) is 108 Å². The van der Waals surface area contributed by atoms with Gasteiger partial charge >= 0.3 is 0 Å². The van der Waals surface area contributed by atoms with Crippen molar-refractivity contribution in [2.45, 2.75) is 84.1 Å². The van der Waals surface area contributed by atoms with E-state index >= 15 is 0 Å². The summed E-state index contributed by atoms with van der Waals surface area (Å²) in [4.78, 5) is 59.4. The highest BCUT2D eigenvalue weighted by Gasteiger charge is 2.42. The van der Waals surface area contributed by atoms with E-state index in [9.17, 15) is 19.2 Å². The molecule has 282 valence electrons. The molecule has 5 rings (SSSR count). The molecule has 4 aromatic rings. The highest BCUT2D eigenvalue weighted by molar-refractivity contribution is 6.22. The van der Waals surface area contributed by atoms with Crippen molar-refractivity contribution < 1.29 is 19.2 Å². The van der Waals surface area contributed by atoms with Crippen LogP contribution in [-0.4, -0.2) is 83.7 Å². The van der Waals surface area contributed by atoms with Gasteiger partial charge in [0.1, 0.15) is 6.04 Å². The van der Waals surface area contributed by atoms with Crippen LogP contribution in [0.15, 0.2) is 79.0 Å². The highest BCUT2D eigenvalue weighted by Crippen LogP contribution is 2.28. The second kappa shape index (κ2) is 20.3. The summed E-state index contributed by atoms with van der Waals surface area (Å²) in [6.07, 6.45) is 12.1. The van der Waals surface area contributed by atoms with Gasteiger partial charge in [0.2, 0.25) is 5.91 Å². The maximum absolute atomic E-state index is 13.6. The zero-order chi connectivity index (χ0) is 37.4. The van der Waals surface area contributed by atoms with Crippen LogP contribution in [0.4, 0.5) is 5.69 Å². The zero-order valence-corrected chi connectivity index (χ0v) is 31.4. The lowest BCUT2D eigenvalue weighted by Crippen LogP contribution is -2.50. The molecule has 1 aliphatic rings. The van der Waals surface area contributed by atoms with Crippen molar-refractivity contribution in [1.29, 1.82) is 0 Å². The maximum Gasteiger partial charge on any atom is 0.262 e. The van der Waals surface area contributed by atoms with E-state index in [0.29, 0.717) is 29.8 Å². The van der Waals surface area contributed by atoms with E-state index in [1.807, 2.05) is 54.7 Å². The molecular formula is C43H56N6O4. The number of aromatic nitrogens is 1. The number of benzene rings is 3. The molecule has 0 bridgehead atoms. The second-order valence-corrected chi connectivity index (χ2v) is 13.9. The Morgan fingerprint density at radius 2 is 1.28 bits per heavy atom. The predicted octanol–water partition coefficient (Wildman–Crippen LogP) is 7.19. The lowest BCUT2D eigenvalue weighted by Gasteiger charge is -2.25. The Kier molecular flexibility index (Phi) is 15.1. The summed E-state index contributed by atoms with van der Waals surface area (Å²) in [7, 11) is 0. The highest BCUT2D eigenvalue weighted by atomic mass is 16.2. The number of para-hydroxylation sites is 1. The van der Waals surface area contributed by atoms with Gasteiger partial charge in [-0.3, -0.25) is 24.1 Å². The van der Waals surface area contributed by atoms with Crippen molar-refractivity contribution in [1.82, 2.24) is 25.4 Å². The predicted molar refractivity (Wildman–Crippen MR) is 212 cm³/mol. The normalized spacial score (nSPS) is 13.1. The molecule has 4 amide bonds. The van der Waals surface area contributed by atoms with E-state index in [-0.39, 0.29) is 18.2 Å². The van der Waals surface area contributed by atoms with E-state index in [4.69, 9.17) is 0 Å². The van der Waals surface area contributed by atoms with E-state index in [2.05, 4.69) is 39.7 Å². The summed E-state index contributed by atoms with van der Waals surface area (Å²) < 4.78 is 0. The van der Waals surface area contributed by atoms with Gasteiger partial charge in [0.05, 0.1) is 11.1 Å². The first-order chi connectivity index (χ1) is 25.9. The van der Waals surface area contributed by atoms with Gasteiger partial charge in [0.15, 0.2) is 0 Å². The average molecular weight is 721 g/mol. The molecular weight excluding hydrogens is 665 g/mol. The number of carbonyl (C=O) groups excluding carboxylic acids is 4. The number of aromatic amines is 1. The Morgan fingerprint density at radius 1 is 0.698 bits per heavy atom. The third-order valence-electron chi connectivity index (χ3n) is 10.3. The van der Waals surface area contributed by atoms with Gasteiger partial charge in [-0.1, -0.05) is 89.1 Å². The molecule has 2 heterocycles. The Labute approximate surface area is 314 Å². The van der Waals surface area contributed by atoms with E-state index in [0.717, 1.165) is 78.9 Å². The number of nitrogens with one attached hydrogen (secondary N) is 4. The van der Waals surface area contributed by atoms with Gasteiger partial charge in [0.25, 0.3) is 17.7 Å². The largest absolute Gasteiger partial charge is 0.385 e. The SMILES string of the molecule is CCN(CC)CCNC(=O)c1ccc(NCCCCCCCCCCCNC(=O)C(Cc2c[nH]c3ccccc23)N2C(=O)c3ccccc3C2=O)cc1. The van der Waals surface area contributed by atoms with Crippen LogP contribution >= 0.6 is 0 Å². The number of imide groups is 1. The van der Waals surface area contributed by atoms with Crippen LogP contribution in [0.25, 0.3) is 10.9 Å². The fourth-order valence-corrected chi connectivity index (χ4v) is 7.06. The average Bonchev–Trinajstić information content (AvgIpc) is 3.71. The number of unbranched alkanes of at least 4 members (excludes halogenated alkanes) is 8. The first-order valence-electron chi connectivity index (χ1n) is 19.5. The molecule has 10 heteroatoms. The van der Waals surface area contributed by atoms with Crippen LogP contribution < -0.4 is 16.0 Å². The van der Waals surface area contributed by atoms with Crippen molar-refractivity contribution in [3.8, 4) is 0 Å². The van der Waals surface area contributed by atoms with Crippen molar-refractivity contribution in [2.24, 2.45) is 0 Å². The number of nitrogens with zero attached hydrogens (tertiary/aromatic N) is 2. The van der Waals surface area contributed by atoms with Crippen LogP contribution in [-0.2, 0) is 11.2 Å². The minimum absolute atomic E-state index is 0.0286. The Balaban J connectivity index is 0.938. The van der Waals surface area contributed by atoms with E-state index < -0.39 is 17.9 Å². The number of hydrogen-bond acceptors (Lipinski definition) is 6. The standard InChI is InChI=1S/C43H56N6O4/c1-3-48(4-2)29-28-46-40(50)32-22-24-34(25-23-32)44-26-16-10-8-6-5-7-9-11-17-27-45-41(51)39(30-33-31-47-38-21-15-14-18-35(33)38)49-42(52)36-19-12-13-20-37(36)43(49)53/h12-15,18-25,31,39,44,47H,3-11,16-17,26-30H2,1-2H3,(H,45,51)(H,46,50). The van der Waals surface area contributed by atoms with Crippen molar-refractivity contribution in [3.05, 3.63) is 101 Å². The Morgan fingerprint density at radius 3 is 1.92 bits per heavy atom. The molecule has 1 aromatic heterocycles. The van der Waals surface area contributed by atoms with Gasteiger partial charge in [-0.05, 0) is 74.0 Å². The third-order valence-corrected chi connectivity index (χ3v) is 10.3. The van der Waals surface area contributed by atoms with Crippen LogP contribution in [0.3, 0.4) is 0 Å². The summed E-state index contributed by atoms with van der Waals surface area (Å²) >= 11 is 0. The zero-order valence-electron chi connectivity index (χ0n) is 31.4. The smallest absolute Gasteiger partial charge is 0.262 e. The first kappa shape index (κ1) is 39.3. The van der Waals surface area contributed by atoms with Crippen molar-refractivity contribution in [3.63, 3.8) is 0 Å². The summed E-state index contributed by atoms with van der Waals surface area (Å²) in [5.41, 5.74) is 4.25. The minimum atomic E-state index is -0.941. The molecule has 0 radical (unpaired) electrons. The number of H-pyrrole nitrogens is 1. The van der Waals surface area contributed by atoms with Crippen LogP contribution in [0, 0.1) is 0 Å². The van der Waals surface area contributed by atoms with Crippen molar-refractivity contribution in [2.75, 3.05) is 44.6 Å². The van der Waals surface area contributed by atoms with Gasteiger partial charge in [0, 0.05) is 61.0 Å². The lowest BCUT2D eigenvalue weighted by atomic mass is 10.0. The van der Waals surface area contributed by atoms with E-state index in [1.165, 1.54) is 32.1 Å². The minimum Gasteiger partial charge on any atom is -0.385 e. The lowest BCUT2D eigenvalue weighted by molar-refractivity contribution is -0.125. The Bertz CT molecular complexity index is 1760. The molecule has 0 aliphatic carbocycles. The monoisotopic (exact) mass is 720 g/mol. The topological polar surface area (TPSA) is 127 Å². The fourth-order valence-electron chi connectivity index (χ4n) is 7.06. The Hall–Kier alpha value is -4.96. The molecule has 0 fully saturated rings. The first-order valence-corrected chi connectivity index (χ1v) is 19.5. The number of carbonyl (C=O) groups is 4. The molecule has 1 atom stereocenters. The fraction of sp³-hybridized carbons (Fsp3) is 0.442. The second-order valence-electron chi connectivity index (χ2n) is 13.9. The number of amides is 4. The number of rotatable bonds is 23. The number of likely N-dealkylation sites (N-methyl/N-ethyl adjacent to an activating group) is 1. The van der Waals surface area contributed by atoms with Gasteiger partial charge in [-0.25, -0.2) is 0 Å². The number of anilines is 1. The third kappa shape index (κ3) is 10.8. The van der Waals surface area contributed by atoms with Gasteiger partial charge in [-0.15, -0.1) is 0 Å². The number of fused-ring (bicyclic) bond motifs is 2. The van der Waals surface area contributed by atoms with Crippen LogP contribution in [0.2, 0.25) is 0 Å². The van der Waals surface area contributed by atoms with Gasteiger partial charge in [-0.2, -0.15) is 0 Å². The quantitative estimate of drug-likeness (QED) is 0.0475. The summed E-state index contributed by atoms with van der Waals surface area (Å²) in [6.45, 7) is 9.17. The molecule has 53 heavy (non-hydrogen) atoms. The molecule has 1 aliphatic heterocycles. The van der Waals surface area contributed by atoms with Gasteiger partial charge < -0.3 is 25.8 Å². The molecule has 0 saturated carbocycles. The molecule has 4 N–H and O–H groups in total. The van der Waals surface area contributed by atoms with E-state index in [1.54, 1.807) is 24.3 Å². The summed E-state index contributed by atoms with van der Waals surface area (Å²) in [6, 6.07) is 21.4. The molecule has 3 aromatic carbocycles. The molecule has 0 spiro atoms. The van der Waals surface area contributed by atoms with Crippen molar-refractivity contribution >= 4 is 40.2 Å². The molecule has 1 unspecified atom stereocenters. The molecule has 10 nitrogen and oxygen atoms in total.